The summed E-state index contributed by atoms with van der Waals surface area (Å²) in [4.78, 5) is 41.8. The standard InChI is InChI=1S/C19H20N4O3/c24-17-12-15(13-23(17)16-4-2-1-3-5-16)19(26)22-11-10-21-18(25)14-6-8-20-9-7-14/h1-9,15H,10-13H2,(H,21,25)(H,22,26)/t15-/m1/s1. The fourth-order valence-electron chi connectivity index (χ4n) is 2.85. The fourth-order valence-corrected chi connectivity index (χ4v) is 2.85. The van der Waals surface area contributed by atoms with Gasteiger partial charge in [-0.25, -0.2) is 0 Å². The second-order valence-electron chi connectivity index (χ2n) is 6.02. The van der Waals surface area contributed by atoms with Crippen molar-refractivity contribution < 1.29 is 14.4 Å². The quantitative estimate of drug-likeness (QED) is 0.758. The number of benzene rings is 1. The van der Waals surface area contributed by atoms with E-state index in [-0.39, 0.29) is 30.1 Å². The van der Waals surface area contributed by atoms with Crippen molar-refractivity contribution in [2.24, 2.45) is 5.92 Å². The zero-order chi connectivity index (χ0) is 18.4. The molecule has 2 aromatic rings. The predicted molar refractivity (Wildman–Crippen MR) is 96.5 cm³/mol. The first-order chi connectivity index (χ1) is 12.6. The first kappa shape index (κ1) is 17.6. The van der Waals surface area contributed by atoms with E-state index in [4.69, 9.17) is 0 Å². The zero-order valence-corrected chi connectivity index (χ0v) is 14.2. The Bertz CT molecular complexity index is 780. The molecule has 7 nitrogen and oxygen atoms in total. The highest BCUT2D eigenvalue weighted by Gasteiger charge is 2.34. The number of nitrogens with zero attached hydrogens (tertiary/aromatic N) is 2. The lowest BCUT2D eigenvalue weighted by Crippen LogP contribution is -2.38. The Hall–Kier alpha value is -3.22. The fraction of sp³-hybridized carbons (Fsp3) is 0.263. The van der Waals surface area contributed by atoms with Crippen molar-refractivity contribution in [1.82, 2.24) is 15.6 Å². The van der Waals surface area contributed by atoms with Gasteiger partial charge in [0.25, 0.3) is 5.91 Å². The Kier molecular flexibility index (Phi) is 5.58. The smallest absolute Gasteiger partial charge is 0.251 e. The molecule has 1 aliphatic heterocycles. The van der Waals surface area contributed by atoms with Gasteiger partial charge in [0.15, 0.2) is 0 Å². The van der Waals surface area contributed by atoms with Crippen molar-refractivity contribution in [3.63, 3.8) is 0 Å². The van der Waals surface area contributed by atoms with Gasteiger partial charge in [-0.1, -0.05) is 18.2 Å². The molecule has 0 spiro atoms. The van der Waals surface area contributed by atoms with E-state index in [1.807, 2.05) is 30.3 Å². The maximum absolute atomic E-state index is 12.3. The minimum atomic E-state index is -0.376. The van der Waals surface area contributed by atoms with E-state index in [1.54, 1.807) is 29.4 Å². The van der Waals surface area contributed by atoms with Crippen LogP contribution in [0, 0.1) is 5.92 Å². The van der Waals surface area contributed by atoms with Crippen LogP contribution in [0.4, 0.5) is 5.69 Å². The van der Waals surface area contributed by atoms with Gasteiger partial charge in [0.2, 0.25) is 11.8 Å². The summed E-state index contributed by atoms with van der Waals surface area (Å²) in [6.45, 7) is 1.000. The molecular formula is C19H20N4O3. The molecule has 1 aliphatic rings. The van der Waals surface area contributed by atoms with E-state index in [9.17, 15) is 14.4 Å². The van der Waals surface area contributed by atoms with Crippen LogP contribution in [-0.4, -0.2) is 42.3 Å². The molecule has 0 aliphatic carbocycles. The van der Waals surface area contributed by atoms with Gasteiger partial charge in [-0.15, -0.1) is 0 Å². The lowest BCUT2D eigenvalue weighted by Gasteiger charge is -2.16. The summed E-state index contributed by atoms with van der Waals surface area (Å²) in [5, 5.41) is 5.51. The number of para-hydroxylation sites is 1. The summed E-state index contributed by atoms with van der Waals surface area (Å²) in [5.74, 6) is -0.816. The van der Waals surface area contributed by atoms with Crippen LogP contribution in [0.5, 0.6) is 0 Å². The number of amides is 3. The van der Waals surface area contributed by atoms with Crippen LogP contribution in [-0.2, 0) is 9.59 Å². The first-order valence-corrected chi connectivity index (χ1v) is 8.46. The molecule has 3 amide bonds. The predicted octanol–water partition coefficient (Wildman–Crippen LogP) is 0.981. The highest BCUT2D eigenvalue weighted by Crippen LogP contribution is 2.24. The molecule has 134 valence electrons. The molecule has 3 rings (SSSR count). The van der Waals surface area contributed by atoms with E-state index in [0.717, 1.165) is 5.69 Å². The monoisotopic (exact) mass is 352 g/mol. The molecule has 7 heteroatoms. The van der Waals surface area contributed by atoms with Crippen molar-refractivity contribution in [2.75, 3.05) is 24.5 Å². The van der Waals surface area contributed by atoms with Crippen LogP contribution < -0.4 is 15.5 Å². The molecule has 1 fully saturated rings. The number of rotatable bonds is 6. The lowest BCUT2D eigenvalue weighted by atomic mass is 10.1. The highest BCUT2D eigenvalue weighted by molar-refractivity contribution is 6.00. The van der Waals surface area contributed by atoms with E-state index >= 15 is 0 Å². The molecule has 0 saturated carbocycles. The average Bonchev–Trinajstić information content (AvgIpc) is 3.08. The summed E-state index contributed by atoms with van der Waals surface area (Å²) in [6, 6.07) is 12.6. The molecule has 0 unspecified atom stereocenters. The molecular weight excluding hydrogens is 332 g/mol. The first-order valence-electron chi connectivity index (χ1n) is 8.46. The van der Waals surface area contributed by atoms with Crippen LogP contribution in [0.15, 0.2) is 54.9 Å². The van der Waals surface area contributed by atoms with Crippen molar-refractivity contribution in [3.8, 4) is 0 Å². The summed E-state index contributed by atoms with van der Waals surface area (Å²) in [6.07, 6.45) is 3.29. The molecule has 2 N–H and O–H groups in total. The van der Waals surface area contributed by atoms with Gasteiger partial charge in [-0.2, -0.15) is 0 Å². The van der Waals surface area contributed by atoms with Gasteiger partial charge in [-0.05, 0) is 24.3 Å². The summed E-state index contributed by atoms with van der Waals surface area (Å²) < 4.78 is 0. The summed E-state index contributed by atoms with van der Waals surface area (Å²) >= 11 is 0. The molecule has 2 heterocycles. The number of pyridine rings is 1. The van der Waals surface area contributed by atoms with Crippen molar-refractivity contribution in [2.45, 2.75) is 6.42 Å². The Morgan fingerprint density at radius 2 is 1.73 bits per heavy atom. The Balaban J connectivity index is 1.43. The average molecular weight is 352 g/mol. The summed E-state index contributed by atoms with van der Waals surface area (Å²) in [5.41, 5.74) is 1.32. The number of carbonyl (C=O) groups is 3. The lowest BCUT2D eigenvalue weighted by molar-refractivity contribution is -0.126. The largest absolute Gasteiger partial charge is 0.354 e. The van der Waals surface area contributed by atoms with E-state index in [0.29, 0.717) is 25.2 Å². The molecule has 1 saturated heterocycles. The number of carbonyl (C=O) groups excluding carboxylic acids is 3. The second kappa shape index (κ2) is 8.24. The van der Waals surface area contributed by atoms with Crippen LogP contribution in [0.2, 0.25) is 0 Å². The highest BCUT2D eigenvalue weighted by atomic mass is 16.2. The SMILES string of the molecule is O=C(NCCNC(=O)[C@@H]1CC(=O)N(c2ccccc2)C1)c1ccncc1. The summed E-state index contributed by atoms with van der Waals surface area (Å²) in [7, 11) is 0. The van der Waals surface area contributed by atoms with Crippen molar-refractivity contribution in [1.29, 1.82) is 0 Å². The van der Waals surface area contributed by atoms with Gasteiger partial charge in [-0.3, -0.25) is 19.4 Å². The molecule has 0 radical (unpaired) electrons. The van der Waals surface area contributed by atoms with Gasteiger partial charge < -0.3 is 15.5 Å². The van der Waals surface area contributed by atoms with E-state index in [2.05, 4.69) is 15.6 Å². The Labute approximate surface area is 151 Å². The molecule has 0 bridgehead atoms. The van der Waals surface area contributed by atoms with Crippen LogP contribution in [0.25, 0.3) is 0 Å². The minimum absolute atomic E-state index is 0.0534. The maximum atomic E-state index is 12.3. The van der Waals surface area contributed by atoms with Gasteiger partial charge in [0.1, 0.15) is 0 Å². The Morgan fingerprint density at radius 3 is 2.46 bits per heavy atom. The second-order valence-corrected chi connectivity index (χ2v) is 6.02. The zero-order valence-electron chi connectivity index (χ0n) is 14.2. The maximum Gasteiger partial charge on any atom is 0.251 e. The van der Waals surface area contributed by atoms with Gasteiger partial charge in [0.05, 0.1) is 5.92 Å². The van der Waals surface area contributed by atoms with Crippen LogP contribution >= 0.6 is 0 Å². The molecule has 1 aromatic carbocycles. The van der Waals surface area contributed by atoms with Gasteiger partial charge in [0, 0.05) is 49.7 Å². The third kappa shape index (κ3) is 4.24. The van der Waals surface area contributed by atoms with Crippen molar-refractivity contribution >= 4 is 23.4 Å². The minimum Gasteiger partial charge on any atom is -0.354 e. The number of nitrogens with one attached hydrogen (secondary N) is 2. The van der Waals surface area contributed by atoms with E-state index in [1.165, 1.54) is 0 Å². The van der Waals surface area contributed by atoms with E-state index < -0.39 is 0 Å². The number of aromatic nitrogens is 1. The molecule has 1 aromatic heterocycles. The number of hydrogen-bond acceptors (Lipinski definition) is 4. The number of anilines is 1. The normalized spacial score (nSPS) is 16.4. The number of hydrogen-bond donors (Lipinski definition) is 2. The molecule has 1 atom stereocenters. The topological polar surface area (TPSA) is 91.4 Å². The van der Waals surface area contributed by atoms with Crippen molar-refractivity contribution in [3.05, 3.63) is 60.4 Å². The molecule has 26 heavy (non-hydrogen) atoms. The van der Waals surface area contributed by atoms with Gasteiger partial charge >= 0.3 is 0 Å². The van der Waals surface area contributed by atoms with Crippen LogP contribution in [0.1, 0.15) is 16.8 Å². The third-order valence-corrected chi connectivity index (χ3v) is 4.22. The third-order valence-electron chi connectivity index (χ3n) is 4.22. The van der Waals surface area contributed by atoms with Crippen LogP contribution in [0.3, 0.4) is 0 Å². The Morgan fingerprint density at radius 1 is 1.04 bits per heavy atom.